The van der Waals surface area contributed by atoms with Gasteiger partial charge in [-0.2, -0.15) is 0 Å². The van der Waals surface area contributed by atoms with E-state index in [1.54, 1.807) is 0 Å². The predicted molar refractivity (Wildman–Crippen MR) is 79.7 cm³/mol. The molecular weight excluding hydrogens is 264 g/mol. The second-order valence-corrected chi connectivity index (χ2v) is 5.55. The van der Waals surface area contributed by atoms with Gasteiger partial charge in [0.25, 0.3) is 0 Å². The Balaban J connectivity index is 1.77. The molecule has 2 aromatic rings. The summed E-state index contributed by atoms with van der Waals surface area (Å²) in [5, 5.41) is 0. The largest absolute Gasteiger partial charge is 0.493 e. The predicted octanol–water partition coefficient (Wildman–Crippen LogP) is 2.20. The fourth-order valence-corrected chi connectivity index (χ4v) is 3.21. The Bertz CT molecular complexity index is 684. The summed E-state index contributed by atoms with van der Waals surface area (Å²) in [7, 11) is 0. The average Bonchev–Trinajstić information content (AvgIpc) is 3.16. The molecule has 4 heteroatoms. The van der Waals surface area contributed by atoms with E-state index in [0.717, 1.165) is 29.9 Å². The van der Waals surface area contributed by atoms with Gasteiger partial charge in [0.15, 0.2) is 0 Å². The van der Waals surface area contributed by atoms with E-state index in [1.807, 2.05) is 0 Å². The Morgan fingerprint density at radius 3 is 2.86 bits per heavy atom. The summed E-state index contributed by atoms with van der Waals surface area (Å²) < 4.78 is 11.3. The van der Waals surface area contributed by atoms with Gasteiger partial charge in [-0.1, -0.05) is 36.4 Å². The minimum absolute atomic E-state index is 0.0658. The maximum Gasteiger partial charge on any atom is 0.127 e. The van der Waals surface area contributed by atoms with Gasteiger partial charge in [0, 0.05) is 12.0 Å². The number of benzene rings is 2. The first-order valence-electron chi connectivity index (χ1n) is 7.27. The fourth-order valence-electron chi connectivity index (χ4n) is 3.21. The number of hydrogen-bond acceptors (Lipinski definition) is 4. The molecule has 0 saturated heterocycles. The molecule has 2 aromatic carbocycles. The molecule has 0 aliphatic carbocycles. The van der Waals surface area contributed by atoms with Crippen LogP contribution < -0.4 is 16.0 Å². The summed E-state index contributed by atoms with van der Waals surface area (Å²) >= 11 is 0. The highest BCUT2D eigenvalue weighted by molar-refractivity contribution is 5.49. The lowest BCUT2D eigenvalue weighted by Gasteiger charge is -2.20. The van der Waals surface area contributed by atoms with Crippen molar-refractivity contribution in [2.24, 2.45) is 5.84 Å². The molecule has 4 rings (SSSR count). The van der Waals surface area contributed by atoms with Crippen molar-refractivity contribution < 1.29 is 9.47 Å². The van der Waals surface area contributed by atoms with Crippen molar-refractivity contribution in [3.05, 3.63) is 64.2 Å². The zero-order valence-electron chi connectivity index (χ0n) is 11.8. The molecule has 2 aliphatic heterocycles. The number of fused-ring (bicyclic) bond motifs is 2. The maximum atomic E-state index is 5.84. The normalized spacial score (nSPS) is 17.2. The third-order valence-electron chi connectivity index (χ3n) is 4.30. The van der Waals surface area contributed by atoms with Crippen molar-refractivity contribution in [3.63, 3.8) is 0 Å². The van der Waals surface area contributed by atoms with Crippen molar-refractivity contribution in [2.75, 3.05) is 6.61 Å². The van der Waals surface area contributed by atoms with E-state index in [-0.39, 0.29) is 6.04 Å². The molecule has 2 heterocycles. The quantitative estimate of drug-likeness (QED) is 0.669. The van der Waals surface area contributed by atoms with Crippen LogP contribution in [0.1, 0.15) is 33.9 Å². The Morgan fingerprint density at radius 2 is 1.95 bits per heavy atom. The van der Waals surface area contributed by atoms with E-state index in [0.29, 0.717) is 13.2 Å². The molecule has 0 bridgehead atoms. The molecule has 1 unspecified atom stereocenters. The van der Waals surface area contributed by atoms with Crippen molar-refractivity contribution >= 4 is 0 Å². The molecule has 21 heavy (non-hydrogen) atoms. The van der Waals surface area contributed by atoms with Crippen LogP contribution in [-0.2, 0) is 24.4 Å². The number of hydrazine groups is 1. The van der Waals surface area contributed by atoms with Gasteiger partial charge in [0.2, 0.25) is 0 Å². The molecule has 2 aliphatic rings. The van der Waals surface area contributed by atoms with Gasteiger partial charge in [0.05, 0.1) is 25.9 Å². The van der Waals surface area contributed by atoms with Crippen molar-refractivity contribution in [1.82, 2.24) is 5.43 Å². The lowest BCUT2D eigenvalue weighted by molar-refractivity contribution is 0.134. The first-order chi connectivity index (χ1) is 10.4. The number of nitrogens with one attached hydrogen (secondary N) is 1. The van der Waals surface area contributed by atoms with Crippen LogP contribution in [0.15, 0.2) is 36.4 Å². The average molecular weight is 282 g/mol. The lowest BCUT2D eigenvalue weighted by Crippen LogP contribution is -2.29. The van der Waals surface area contributed by atoms with E-state index < -0.39 is 0 Å². The van der Waals surface area contributed by atoms with Crippen LogP contribution in [0.4, 0.5) is 0 Å². The summed E-state index contributed by atoms with van der Waals surface area (Å²) in [6.45, 7) is 2.14. The molecule has 108 valence electrons. The highest BCUT2D eigenvalue weighted by Crippen LogP contribution is 2.36. The smallest absolute Gasteiger partial charge is 0.127 e. The van der Waals surface area contributed by atoms with E-state index in [9.17, 15) is 0 Å². The van der Waals surface area contributed by atoms with E-state index in [4.69, 9.17) is 15.3 Å². The van der Waals surface area contributed by atoms with Crippen LogP contribution in [0.2, 0.25) is 0 Å². The summed E-state index contributed by atoms with van der Waals surface area (Å²) in [6, 6.07) is 12.6. The van der Waals surface area contributed by atoms with Gasteiger partial charge in [-0.25, -0.2) is 5.43 Å². The van der Waals surface area contributed by atoms with Crippen LogP contribution in [0, 0.1) is 0 Å². The van der Waals surface area contributed by atoms with Crippen molar-refractivity contribution in [1.29, 1.82) is 0 Å². The monoisotopic (exact) mass is 282 g/mol. The molecular formula is C17H18N2O2. The highest BCUT2D eigenvalue weighted by atomic mass is 16.5. The number of hydrogen-bond donors (Lipinski definition) is 2. The van der Waals surface area contributed by atoms with Crippen LogP contribution >= 0.6 is 0 Å². The fraction of sp³-hybridized carbons (Fsp3) is 0.294. The van der Waals surface area contributed by atoms with Crippen molar-refractivity contribution in [3.8, 4) is 5.75 Å². The van der Waals surface area contributed by atoms with Gasteiger partial charge in [-0.15, -0.1) is 0 Å². The van der Waals surface area contributed by atoms with E-state index in [1.165, 1.54) is 16.7 Å². The van der Waals surface area contributed by atoms with E-state index in [2.05, 4.69) is 41.8 Å². The Morgan fingerprint density at radius 1 is 1.05 bits per heavy atom. The van der Waals surface area contributed by atoms with E-state index >= 15 is 0 Å². The second kappa shape index (κ2) is 5.15. The molecule has 0 aromatic heterocycles. The van der Waals surface area contributed by atoms with Crippen LogP contribution in [0.3, 0.4) is 0 Å². The molecule has 4 nitrogen and oxygen atoms in total. The lowest BCUT2D eigenvalue weighted by atomic mass is 9.94. The summed E-state index contributed by atoms with van der Waals surface area (Å²) in [6.07, 6.45) is 0.971. The highest BCUT2D eigenvalue weighted by Gasteiger charge is 2.23. The molecule has 0 radical (unpaired) electrons. The Labute approximate surface area is 123 Å². The summed E-state index contributed by atoms with van der Waals surface area (Å²) in [5.74, 6) is 6.82. The van der Waals surface area contributed by atoms with Gasteiger partial charge < -0.3 is 9.47 Å². The van der Waals surface area contributed by atoms with Gasteiger partial charge >= 0.3 is 0 Å². The molecule has 1 atom stereocenters. The second-order valence-electron chi connectivity index (χ2n) is 5.55. The molecule has 0 fully saturated rings. The molecule has 3 N–H and O–H groups in total. The summed E-state index contributed by atoms with van der Waals surface area (Å²) in [5.41, 5.74) is 8.96. The molecule has 0 amide bonds. The van der Waals surface area contributed by atoms with Gasteiger partial charge in [-0.05, 0) is 22.3 Å². The zero-order chi connectivity index (χ0) is 14.2. The van der Waals surface area contributed by atoms with Crippen molar-refractivity contribution in [2.45, 2.75) is 25.7 Å². The molecule has 0 saturated carbocycles. The minimum Gasteiger partial charge on any atom is -0.493 e. The van der Waals surface area contributed by atoms with Gasteiger partial charge in [-0.3, -0.25) is 5.84 Å². The number of rotatable bonds is 3. The number of ether oxygens (including phenoxy) is 2. The summed E-state index contributed by atoms with van der Waals surface area (Å²) in [4.78, 5) is 0. The molecule has 0 spiro atoms. The van der Waals surface area contributed by atoms with Crippen LogP contribution in [-0.4, -0.2) is 6.61 Å². The topological polar surface area (TPSA) is 56.5 Å². The third kappa shape index (κ3) is 2.12. The van der Waals surface area contributed by atoms with Crippen LogP contribution in [0.25, 0.3) is 0 Å². The third-order valence-corrected chi connectivity index (χ3v) is 4.30. The standard InChI is InChI=1S/C17H18N2O2/c18-19-16(12-4-5-13-9-20-10-14(13)8-12)15-3-1-2-11-6-7-21-17(11)15/h1-5,8,16,19H,6-7,9-10,18H2. The van der Waals surface area contributed by atoms with Crippen LogP contribution in [0.5, 0.6) is 5.75 Å². The Kier molecular flexibility index (Phi) is 3.15. The zero-order valence-corrected chi connectivity index (χ0v) is 11.8. The minimum atomic E-state index is -0.0658. The maximum absolute atomic E-state index is 5.84. The first-order valence-corrected chi connectivity index (χ1v) is 7.27. The SMILES string of the molecule is NNC(c1ccc2c(c1)COC2)c1cccc2c1OCC2. The first kappa shape index (κ1) is 12.8. The number of nitrogens with two attached hydrogens (primary N) is 1. The van der Waals surface area contributed by atoms with Gasteiger partial charge in [0.1, 0.15) is 5.75 Å². The number of para-hydroxylation sites is 1. The Hall–Kier alpha value is -1.88.